The average molecular weight is 423 g/mol. The van der Waals surface area contributed by atoms with Gasteiger partial charge in [-0.25, -0.2) is 4.79 Å². The number of ether oxygens (including phenoxy) is 1. The summed E-state index contributed by atoms with van der Waals surface area (Å²) in [6.07, 6.45) is -2.12. The van der Waals surface area contributed by atoms with Gasteiger partial charge < -0.3 is 34.3 Å². The van der Waals surface area contributed by atoms with Crippen LogP contribution >= 0.6 is 0 Å². The molecular weight excluding hydrogens is 406 g/mol. The molecule has 3 aromatic rings. The molecule has 0 aliphatic rings. The van der Waals surface area contributed by atoms with Gasteiger partial charge >= 0.3 is 5.63 Å². The number of carbonyl (C=O) groups is 3. The lowest BCUT2D eigenvalue weighted by atomic mass is 10.0. The van der Waals surface area contributed by atoms with E-state index in [1.807, 2.05) is 35.6 Å². The van der Waals surface area contributed by atoms with Crippen molar-refractivity contribution in [3.05, 3.63) is 65.0 Å². The predicted molar refractivity (Wildman–Crippen MR) is 105 cm³/mol. The SMILES string of the molecule is C[C@@H](Oc1ccc2c(-c3ccccc3)cc(=O)oc2c1)C(=O)N[C@@H](CC(=O)[O-])C(=O)[O-]. The van der Waals surface area contributed by atoms with Crippen molar-refractivity contribution in [2.45, 2.75) is 25.5 Å². The predicted octanol–water partition coefficient (Wildman–Crippen LogP) is -0.398. The van der Waals surface area contributed by atoms with Crippen LogP contribution in [0, 0.1) is 0 Å². The quantitative estimate of drug-likeness (QED) is 0.481. The Kier molecular flexibility index (Phi) is 6.35. The molecule has 9 heteroatoms. The molecule has 0 unspecified atom stereocenters. The van der Waals surface area contributed by atoms with E-state index in [0.29, 0.717) is 10.9 Å². The van der Waals surface area contributed by atoms with Gasteiger partial charge in [0, 0.05) is 29.9 Å². The number of amides is 1. The van der Waals surface area contributed by atoms with E-state index in [-0.39, 0.29) is 11.3 Å². The molecule has 2 atom stereocenters. The maximum Gasteiger partial charge on any atom is 0.336 e. The first-order valence-electron chi connectivity index (χ1n) is 9.25. The van der Waals surface area contributed by atoms with Crippen LogP contribution in [-0.2, 0) is 14.4 Å². The molecule has 160 valence electrons. The molecule has 1 amide bonds. The first-order valence-corrected chi connectivity index (χ1v) is 9.25. The zero-order chi connectivity index (χ0) is 22.5. The van der Waals surface area contributed by atoms with E-state index >= 15 is 0 Å². The molecule has 0 aliphatic heterocycles. The molecule has 0 fully saturated rings. The van der Waals surface area contributed by atoms with Crippen LogP contribution in [-0.4, -0.2) is 30.0 Å². The Bertz CT molecular complexity index is 1190. The first-order chi connectivity index (χ1) is 14.7. The Morgan fingerprint density at radius 3 is 2.42 bits per heavy atom. The number of aliphatic carboxylic acids is 2. The molecule has 2 aromatic carbocycles. The zero-order valence-electron chi connectivity index (χ0n) is 16.3. The lowest BCUT2D eigenvalue weighted by molar-refractivity contribution is -0.317. The lowest BCUT2D eigenvalue weighted by Crippen LogP contribution is -2.53. The van der Waals surface area contributed by atoms with E-state index in [2.05, 4.69) is 0 Å². The molecule has 0 aliphatic carbocycles. The summed E-state index contributed by atoms with van der Waals surface area (Å²) in [7, 11) is 0. The summed E-state index contributed by atoms with van der Waals surface area (Å²) in [4.78, 5) is 45.8. The normalized spacial score (nSPS) is 12.7. The van der Waals surface area contributed by atoms with Gasteiger partial charge in [0.25, 0.3) is 5.91 Å². The number of carboxylic acid groups (broad SMARTS) is 2. The van der Waals surface area contributed by atoms with Crippen molar-refractivity contribution in [1.29, 1.82) is 0 Å². The minimum atomic E-state index is -1.76. The van der Waals surface area contributed by atoms with Crippen molar-refractivity contribution in [2.75, 3.05) is 0 Å². The third-order valence-electron chi connectivity index (χ3n) is 4.45. The highest BCUT2D eigenvalue weighted by Crippen LogP contribution is 2.29. The van der Waals surface area contributed by atoms with Crippen molar-refractivity contribution in [1.82, 2.24) is 5.32 Å². The second-order valence-corrected chi connectivity index (χ2v) is 6.72. The Morgan fingerprint density at radius 2 is 1.77 bits per heavy atom. The minimum absolute atomic E-state index is 0.188. The number of carbonyl (C=O) groups excluding carboxylic acids is 3. The van der Waals surface area contributed by atoms with E-state index in [4.69, 9.17) is 9.15 Å². The van der Waals surface area contributed by atoms with Gasteiger partial charge in [0.05, 0.1) is 12.0 Å². The first kappa shape index (κ1) is 21.6. The fourth-order valence-corrected chi connectivity index (χ4v) is 2.98. The highest BCUT2D eigenvalue weighted by atomic mass is 16.5. The minimum Gasteiger partial charge on any atom is -0.550 e. The van der Waals surface area contributed by atoms with E-state index in [0.717, 1.165) is 5.56 Å². The molecule has 0 saturated carbocycles. The van der Waals surface area contributed by atoms with Gasteiger partial charge in [0.1, 0.15) is 11.3 Å². The van der Waals surface area contributed by atoms with Crippen molar-refractivity contribution in [3.63, 3.8) is 0 Å². The molecule has 31 heavy (non-hydrogen) atoms. The number of benzene rings is 2. The lowest BCUT2D eigenvalue weighted by Gasteiger charge is -2.22. The number of carboxylic acids is 2. The maximum atomic E-state index is 12.2. The highest BCUT2D eigenvalue weighted by molar-refractivity contribution is 5.94. The van der Waals surface area contributed by atoms with Crippen LogP contribution < -0.4 is 25.9 Å². The fourth-order valence-electron chi connectivity index (χ4n) is 2.98. The topological polar surface area (TPSA) is 149 Å². The molecule has 0 bridgehead atoms. The molecule has 3 rings (SSSR count). The van der Waals surface area contributed by atoms with Gasteiger partial charge in [-0.1, -0.05) is 30.3 Å². The number of hydrogen-bond acceptors (Lipinski definition) is 8. The summed E-state index contributed by atoms with van der Waals surface area (Å²) in [6.45, 7) is 1.35. The zero-order valence-corrected chi connectivity index (χ0v) is 16.3. The summed E-state index contributed by atoms with van der Waals surface area (Å²) in [5, 5.41) is 24.3. The van der Waals surface area contributed by atoms with E-state index < -0.39 is 42.0 Å². The molecule has 1 aromatic heterocycles. The van der Waals surface area contributed by atoms with Crippen LogP contribution in [0.4, 0.5) is 0 Å². The molecule has 1 N–H and O–H groups in total. The Balaban J connectivity index is 1.82. The van der Waals surface area contributed by atoms with Crippen LogP contribution in [0.2, 0.25) is 0 Å². The van der Waals surface area contributed by atoms with Crippen molar-refractivity contribution in [2.24, 2.45) is 0 Å². The Morgan fingerprint density at radius 1 is 1.06 bits per heavy atom. The average Bonchev–Trinajstić information content (AvgIpc) is 2.72. The summed E-state index contributed by atoms with van der Waals surface area (Å²) < 4.78 is 10.8. The standard InChI is InChI=1S/C22H19NO8/c1-12(21(27)23-17(22(28)29)11-19(24)25)30-14-7-8-15-16(13-5-3-2-4-6-13)10-20(26)31-18(15)9-14/h2-10,12,17H,11H2,1H3,(H,23,27)(H,24,25)(H,28,29)/p-2/t12-,17+/m1/s1. The van der Waals surface area contributed by atoms with Crippen LogP contribution in [0.5, 0.6) is 5.75 Å². The molecule has 1 heterocycles. The van der Waals surface area contributed by atoms with E-state index in [1.165, 1.54) is 19.1 Å². The Labute approximate surface area is 175 Å². The van der Waals surface area contributed by atoms with Gasteiger partial charge in [-0.15, -0.1) is 0 Å². The van der Waals surface area contributed by atoms with Crippen LogP contribution in [0.15, 0.2) is 63.8 Å². The molecule has 0 radical (unpaired) electrons. The van der Waals surface area contributed by atoms with Crippen molar-refractivity contribution in [3.8, 4) is 16.9 Å². The van der Waals surface area contributed by atoms with Crippen LogP contribution in [0.3, 0.4) is 0 Å². The van der Waals surface area contributed by atoms with Gasteiger partial charge in [0.2, 0.25) is 0 Å². The number of hydrogen-bond donors (Lipinski definition) is 1. The summed E-state index contributed by atoms with van der Waals surface area (Å²) in [5.74, 6) is -4.09. The Hall–Kier alpha value is -4.14. The number of rotatable bonds is 8. The number of nitrogens with one attached hydrogen (secondary N) is 1. The van der Waals surface area contributed by atoms with Crippen molar-refractivity contribution < 1.29 is 33.8 Å². The molecule has 0 saturated heterocycles. The third-order valence-corrected chi connectivity index (χ3v) is 4.45. The van der Waals surface area contributed by atoms with Gasteiger partial charge in [-0.3, -0.25) is 4.79 Å². The maximum absolute atomic E-state index is 12.2. The molecule has 9 nitrogen and oxygen atoms in total. The van der Waals surface area contributed by atoms with Crippen LogP contribution in [0.1, 0.15) is 13.3 Å². The molecule has 0 spiro atoms. The van der Waals surface area contributed by atoms with Gasteiger partial charge in [-0.2, -0.15) is 0 Å². The fraction of sp³-hybridized carbons (Fsp3) is 0.182. The molecular formula is C22H17NO8-2. The second-order valence-electron chi connectivity index (χ2n) is 6.72. The number of fused-ring (bicyclic) bond motifs is 1. The largest absolute Gasteiger partial charge is 0.550 e. The van der Waals surface area contributed by atoms with E-state index in [1.54, 1.807) is 12.1 Å². The second kappa shape index (κ2) is 9.12. The highest BCUT2D eigenvalue weighted by Gasteiger charge is 2.20. The smallest absolute Gasteiger partial charge is 0.336 e. The van der Waals surface area contributed by atoms with Gasteiger partial charge in [-0.05, 0) is 30.2 Å². The summed E-state index contributed by atoms with van der Waals surface area (Å²) in [6, 6.07) is 13.5. The summed E-state index contributed by atoms with van der Waals surface area (Å²) >= 11 is 0. The third kappa shape index (κ3) is 5.27. The monoisotopic (exact) mass is 423 g/mol. The van der Waals surface area contributed by atoms with Crippen LogP contribution in [0.25, 0.3) is 22.1 Å². The van der Waals surface area contributed by atoms with Gasteiger partial charge in [0.15, 0.2) is 6.10 Å². The van der Waals surface area contributed by atoms with E-state index in [9.17, 15) is 29.4 Å². The summed E-state index contributed by atoms with van der Waals surface area (Å²) in [5.41, 5.74) is 1.17. The van der Waals surface area contributed by atoms with Crippen molar-refractivity contribution >= 4 is 28.8 Å².